The fourth-order valence-corrected chi connectivity index (χ4v) is 3.18. The van der Waals surface area contributed by atoms with E-state index in [1.807, 2.05) is 0 Å². The van der Waals surface area contributed by atoms with E-state index < -0.39 is 0 Å². The van der Waals surface area contributed by atoms with Gasteiger partial charge in [-0.2, -0.15) is 0 Å². The Morgan fingerprint density at radius 3 is 3.29 bits per heavy atom. The number of ether oxygens (including phenoxy) is 2. The summed E-state index contributed by atoms with van der Waals surface area (Å²) in [7, 11) is 0. The molecular formula is C17H26N2O2. The molecule has 0 bridgehead atoms. The summed E-state index contributed by atoms with van der Waals surface area (Å²) in [6, 6.07) is 6.34. The van der Waals surface area contributed by atoms with Crippen molar-refractivity contribution >= 4 is 5.69 Å². The molecule has 0 aliphatic carbocycles. The van der Waals surface area contributed by atoms with Crippen LogP contribution in [0.25, 0.3) is 0 Å². The summed E-state index contributed by atoms with van der Waals surface area (Å²) in [6.45, 7) is 7.91. The number of nitrogens with one attached hydrogen (secondary N) is 1. The molecule has 0 amide bonds. The Bertz CT molecular complexity index is 462. The average molecular weight is 290 g/mol. The summed E-state index contributed by atoms with van der Waals surface area (Å²) in [4.78, 5) is 2.47. The third kappa shape index (κ3) is 3.69. The van der Waals surface area contributed by atoms with Crippen molar-refractivity contribution in [3.8, 4) is 5.75 Å². The third-order valence-electron chi connectivity index (χ3n) is 4.22. The molecule has 0 unspecified atom stereocenters. The summed E-state index contributed by atoms with van der Waals surface area (Å²) in [5.74, 6) is 0.975. The molecule has 0 saturated carbocycles. The minimum absolute atomic E-state index is 0.185. The number of benzene rings is 1. The molecule has 4 heteroatoms. The van der Waals surface area contributed by atoms with E-state index in [9.17, 15) is 0 Å². The van der Waals surface area contributed by atoms with Crippen LogP contribution in [0.5, 0.6) is 5.75 Å². The van der Waals surface area contributed by atoms with E-state index in [4.69, 9.17) is 9.47 Å². The van der Waals surface area contributed by atoms with Gasteiger partial charge in [-0.3, -0.25) is 4.90 Å². The van der Waals surface area contributed by atoms with Crippen molar-refractivity contribution in [1.82, 2.24) is 4.90 Å². The lowest BCUT2D eigenvalue weighted by atomic mass is 10.0. The van der Waals surface area contributed by atoms with Crippen LogP contribution in [0.4, 0.5) is 5.69 Å². The Labute approximate surface area is 127 Å². The highest BCUT2D eigenvalue weighted by Gasteiger charge is 2.21. The lowest BCUT2D eigenvalue weighted by molar-refractivity contribution is -0.0477. The smallest absolute Gasteiger partial charge is 0.142 e. The van der Waals surface area contributed by atoms with Crippen LogP contribution in [-0.4, -0.2) is 50.4 Å². The molecule has 116 valence electrons. The maximum atomic E-state index is 6.06. The molecule has 1 aromatic rings. The van der Waals surface area contributed by atoms with Crippen LogP contribution < -0.4 is 10.1 Å². The molecule has 2 aliphatic heterocycles. The highest BCUT2D eigenvalue weighted by Crippen LogP contribution is 2.32. The first-order valence-electron chi connectivity index (χ1n) is 8.19. The van der Waals surface area contributed by atoms with Gasteiger partial charge in [0.1, 0.15) is 18.5 Å². The summed E-state index contributed by atoms with van der Waals surface area (Å²) < 4.78 is 11.9. The number of aryl methyl sites for hydroxylation is 1. The van der Waals surface area contributed by atoms with Crippen molar-refractivity contribution in [2.24, 2.45) is 0 Å². The molecule has 2 aliphatic rings. The minimum Gasteiger partial charge on any atom is -0.489 e. The second-order valence-electron chi connectivity index (χ2n) is 5.93. The number of nitrogens with zero attached hydrogens (tertiary/aromatic N) is 1. The van der Waals surface area contributed by atoms with E-state index in [1.54, 1.807) is 0 Å². The van der Waals surface area contributed by atoms with Crippen molar-refractivity contribution in [2.75, 3.05) is 44.7 Å². The summed E-state index contributed by atoms with van der Waals surface area (Å²) in [5, 5.41) is 3.47. The molecule has 4 nitrogen and oxygen atoms in total. The molecule has 2 heterocycles. The largest absolute Gasteiger partial charge is 0.489 e. The Morgan fingerprint density at radius 2 is 2.38 bits per heavy atom. The molecule has 21 heavy (non-hydrogen) atoms. The van der Waals surface area contributed by atoms with E-state index in [1.165, 1.54) is 24.1 Å². The van der Waals surface area contributed by atoms with Crippen molar-refractivity contribution < 1.29 is 9.47 Å². The maximum absolute atomic E-state index is 6.06. The fourth-order valence-electron chi connectivity index (χ4n) is 3.18. The van der Waals surface area contributed by atoms with Crippen LogP contribution in [-0.2, 0) is 11.2 Å². The van der Waals surface area contributed by atoms with E-state index >= 15 is 0 Å². The molecule has 0 spiro atoms. The number of para-hydroxylation sites is 1. The summed E-state index contributed by atoms with van der Waals surface area (Å²) in [5.41, 5.74) is 2.56. The Hall–Kier alpha value is -1.26. The normalized spacial score (nSPS) is 22.4. The molecule has 1 fully saturated rings. The van der Waals surface area contributed by atoms with Gasteiger partial charge in [-0.1, -0.05) is 19.1 Å². The molecule has 0 aromatic heterocycles. The first kappa shape index (κ1) is 14.7. The van der Waals surface area contributed by atoms with Gasteiger partial charge < -0.3 is 14.8 Å². The summed E-state index contributed by atoms with van der Waals surface area (Å²) >= 11 is 0. The predicted molar refractivity (Wildman–Crippen MR) is 85.2 cm³/mol. The number of fused-ring (bicyclic) bond motifs is 1. The molecule has 1 atom stereocenters. The van der Waals surface area contributed by atoms with Gasteiger partial charge in [0.2, 0.25) is 0 Å². The molecule has 1 saturated heterocycles. The second kappa shape index (κ2) is 7.14. The van der Waals surface area contributed by atoms with Gasteiger partial charge >= 0.3 is 0 Å². The van der Waals surface area contributed by atoms with Crippen molar-refractivity contribution in [3.63, 3.8) is 0 Å². The molecule has 1 N–H and O–H groups in total. The molecule has 1 aromatic carbocycles. The van der Waals surface area contributed by atoms with Gasteiger partial charge in [0.15, 0.2) is 0 Å². The fraction of sp³-hybridized carbons (Fsp3) is 0.647. The number of hydrogen-bond donors (Lipinski definition) is 1. The van der Waals surface area contributed by atoms with Gasteiger partial charge in [0.05, 0.1) is 12.3 Å². The van der Waals surface area contributed by atoms with E-state index in [-0.39, 0.29) is 6.10 Å². The van der Waals surface area contributed by atoms with E-state index in [0.29, 0.717) is 6.61 Å². The van der Waals surface area contributed by atoms with Crippen LogP contribution in [0.15, 0.2) is 18.2 Å². The Morgan fingerprint density at radius 1 is 1.43 bits per heavy atom. The lowest BCUT2D eigenvalue weighted by Crippen LogP contribution is -2.45. The topological polar surface area (TPSA) is 33.7 Å². The maximum Gasteiger partial charge on any atom is 0.142 e. The zero-order valence-corrected chi connectivity index (χ0v) is 12.9. The number of morpholine rings is 1. The number of rotatable bonds is 5. The van der Waals surface area contributed by atoms with Crippen molar-refractivity contribution in [2.45, 2.75) is 32.3 Å². The van der Waals surface area contributed by atoms with Crippen molar-refractivity contribution in [3.05, 3.63) is 23.8 Å². The number of anilines is 1. The van der Waals surface area contributed by atoms with Crippen LogP contribution >= 0.6 is 0 Å². The first-order valence-corrected chi connectivity index (χ1v) is 8.19. The predicted octanol–water partition coefficient (Wildman–Crippen LogP) is 2.53. The van der Waals surface area contributed by atoms with Crippen LogP contribution in [0.1, 0.15) is 25.3 Å². The van der Waals surface area contributed by atoms with E-state index in [2.05, 4.69) is 35.3 Å². The first-order chi connectivity index (χ1) is 10.4. The number of hydrogen-bond acceptors (Lipinski definition) is 4. The third-order valence-corrected chi connectivity index (χ3v) is 4.22. The van der Waals surface area contributed by atoms with Gasteiger partial charge in [-0.05, 0) is 37.4 Å². The Kier molecular flexibility index (Phi) is 4.99. The quantitative estimate of drug-likeness (QED) is 0.903. The monoisotopic (exact) mass is 290 g/mol. The molecule has 0 radical (unpaired) electrons. The molecular weight excluding hydrogens is 264 g/mol. The second-order valence-corrected chi connectivity index (χ2v) is 5.93. The molecule has 3 rings (SSSR count). The average Bonchev–Trinajstić information content (AvgIpc) is 2.53. The summed E-state index contributed by atoms with van der Waals surface area (Å²) in [6.07, 6.45) is 3.73. The zero-order chi connectivity index (χ0) is 14.5. The van der Waals surface area contributed by atoms with Gasteiger partial charge in [0, 0.05) is 19.6 Å². The van der Waals surface area contributed by atoms with Crippen LogP contribution in [0, 0.1) is 0 Å². The van der Waals surface area contributed by atoms with E-state index in [0.717, 1.165) is 45.0 Å². The Balaban J connectivity index is 1.57. The van der Waals surface area contributed by atoms with Crippen molar-refractivity contribution in [1.29, 1.82) is 0 Å². The van der Waals surface area contributed by atoms with Gasteiger partial charge in [-0.15, -0.1) is 0 Å². The van der Waals surface area contributed by atoms with Gasteiger partial charge in [-0.25, -0.2) is 0 Å². The minimum atomic E-state index is 0.185. The van der Waals surface area contributed by atoms with Crippen LogP contribution in [0.2, 0.25) is 0 Å². The standard InChI is InChI=1S/C17H26N2O2/c1-2-9-19-10-11-20-15(12-19)13-21-16-7-3-5-14-6-4-8-18-17(14)16/h3,5,7,15,18H,2,4,6,8-13H2,1H3/t15-/m0/s1. The highest BCUT2D eigenvalue weighted by molar-refractivity contribution is 5.63. The SMILES string of the molecule is CCCN1CCO[C@H](COc2cccc3c2NCCC3)C1. The van der Waals surface area contributed by atoms with Gasteiger partial charge in [0.25, 0.3) is 0 Å². The van der Waals surface area contributed by atoms with Crippen LogP contribution in [0.3, 0.4) is 0 Å². The highest BCUT2D eigenvalue weighted by atomic mass is 16.5. The lowest BCUT2D eigenvalue weighted by Gasteiger charge is -2.32. The zero-order valence-electron chi connectivity index (χ0n) is 12.9.